The summed E-state index contributed by atoms with van der Waals surface area (Å²) in [5, 5.41) is 44.1. The molecule has 4 atom stereocenters. The van der Waals surface area contributed by atoms with Crippen molar-refractivity contribution in [3.05, 3.63) is 63.8 Å². The minimum absolute atomic E-state index is 0.0858. The molecule has 4 unspecified atom stereocenters. The van der Waals surface area contributed by atoms with Crippen LogP contribution in [-0.2, 0) is 6.42 Å². The normalized spacial score (nSPS) is 20.4. The average Bonchev–Trinajstić information content (AvgIpc) is 3.11. The number of fused-ring (bicyclic) bond motifs is 3. The molecule has 4 N–H and O–H groups in total. The van der Waals surface area contributed by atoms with Crippen LogP contribution in [0.3, 0.4) is 0 Å². The molecule has 1 aliphatic heterocycles. The second-order valence-electron chi connectivity index (χ2n) is 10.4. The summed E-state index contributed by atoms with van der Waals surface area (Å²) in [5.41, 5.74) is 3.28. The molecule has 1 aromatic heterocycles. The van der Waals surface area contributed by atoms with Crippen LogP contribution < -0.4 is 5.32 Å². The van der Waals surface area contributed by atoms with E-state index in [9.17, 15) is 15.3 Å². The van der Waals surface area contributed by atoms with Crippen LogP contribution in [0.1, 0.15) is 63.0 Å². The quantitative estimate of drug-likeness (QED) is 0.341. The molecule has 8 heteroatoms. The highest BCUT2D eigenvalue weighted by atomic mass is 79.9. The molecule has 3 aromatic rings. The second kappa shape index (κ2) is 9.65. The van der Waals surface area contributed by atoms with Crippen molar-refractivity contribution < 1.29 is 15.3 Å². The Bertz CT molecular complexity index is 1180. The van der Waals surface area contributed by atoms with Gasteiger partial charge in [0, 0.05) is 28.2 Å². The van der Waals surface area contributed by atoms with E-state index < -0.39 is 11.2 Å². The molecule has 2 aromatic carbocycles. The number of halogens is 1. The van der Waals surface area contributed by atoms with Gasteiger partial charge in [-0.25, -0.2) is 4.68 Å². The summed E-state index contributed by atoms with van der Waals surface area (Å²) >= 11 is 3.64. The SMILES string of the molecule is Cc1nnn2c1-c1ccc(Br)cc1C(Nc1ccc(CCO)cc1)CC2C(C)C(C)(O)C(C)(C)O. The molecule has 0 amide bonds. The summed E-state index contributed by atoms with van der Waals surface area (Å²) in [7, 11) is 0. The second-order valence-corrected chi connectivity index (χ2v) is 11.3. The average molecular weight is 544 g/mol. The fraction of sp³-hybridized carbons (Fsp3) is 0.481. The van der Waals surface area contributed by atoms with Crippen LogP contribution >= 0.6 is 15.9 Å². The predicted molar refractivity (Wildman–Crippen MR) is 141 cm³/mol. The van der Waals surface area contributed by atoms with E-state index in [0.717, 1.165) is 38.2 Å². The molecule has 4 rings (SSSR count). The van der Waals surface area contributed by atoms with E-state index in [1.807, 2.05) is 48.9 Å². The number of hydrogen-bond acceptors (Lipinski definition) is 6. The molecular formula is C27H35BrN4O3. The first kappa shape index (κ1) is 25.8. The van der Waals surface area contributed by atoms with Crippen LogP contribution in [0.15, 0.2) is 46.9 Å². The minimum atomic E-state index is -1.37. The largest absolute Gasteiger partial charge is 0.396 e. The molecule has 188 valence electrons. The Hall–Kier alpha value is -2.26. The highest BCUT2D eigenvalue weighted by Crippen LogP contribution is 2.47. The van der Waals surface area contributed by atoms with E-state index in [-0.39, 0.29) is 24.6 Å². The van der Waals surface area contributed by atoms with E-state index in [4.69, 9.17) is 0 Å². The zero-order chi connectivity index (χ0) is 25.5. The Morgan fingerprint density at radius 3 is 2.46 bits per heavy atom. The van der Waals surface area contributed by atoms with E-state index in [1.165, 1.54) is 0 Å². The first-order valence-electron chi connectivity index (χ1n) is 12.1. The molecule has 0 saturated heterocycles. The van der Waals surface area contributed by atoms with Gasteiger partial charge in [-0.1, -0.05) is 46.3 Å². The predicted octanol–water partition coefficient (Wildman–Crippen LogP) is 4.81. The molecular weight excluding hydrogens is 508 g/mol. The van der Waals surface area contributed by atoms with Gasteiger partial charge >= 0.3 is 0 Å². The van der Waals surface area contributed by atoms with E-state index in [1.54, 1.807) is 20.8 Å². The molecule has 1 aliphatic rings. The van der Waals surface area contributed by atoms with E-state index in [2.05, 4.69) is 43.7 Å². The van der Waals surface area contributed by atoms with Crippen molar-refractivity contribution >= 4 is 21.6 Å². The number of aromatic nitrogens is 3. The molecule has 35 heavy (non-hydrogen) atoms. The van der Waals surface area contributed by atoms with Crippen molar-refractivity contribution in [1.82, 2.24) is 15.0 Å². The molecule has 0 spiro atoms. The highest BCUT2D eigenvalue weighted by molar-refractivity contribution is 9.10. The smallest absolute Gasteiger partial charge is 0.0945 e. The Kier molecular flexibility index (Phi) is 7.12. The highest BCUT2D eigenvalue weighted by Gasteiger charge is 2.48. The van der Waals surface area contributed by atoms with Gasteiger partial charge in [-0.3, -0.25) is 0 Å². The summed E-state index contributed by atoms with van der Waals surface area (Å²) in [6.07, 6.45) is 1.25. The summed E-state index contributed by atoms with van der Waals surface area (Å²) in [5.74, 6) is -0.337. The monoisotopic (exact) mass is 542 g/mol. The van der Waals surface area contributed by atoms with Gasteiger partial charge in [0.05, 0.1) is 34.7 Å². The molecule has 2 heterocycles. The lowest BCUT2D eigenvalue weighted by Crippen LogP contribution is -2.54. The van der Waals surface area contributed by atoms with E-state index >= 15 is 0 Å². The fourth-order valence-corrected chi connectivity index (χ4v) is 5.39. The number of nitrogens with one attached hydrogen (secondary N) is 1. The third-order valence-electron chi connectivity index (χ3n) is 7.70. The molecule has 0 bridgehead atoms. The van der Waals surface area contributed by atoms with Gasteiger partial charge in [-0.05, 0) is 75.9 Å². The summed E-state index contributed by atoms with van der Waals surface area (Å²) in [6, 6.07) is 14.0. The van der Waals surface area contributed by atoms with E-state index in [0.29, 0.717) is 12.8 Å². The first-order valence-corrected chi connectivity index (χ1v) is 12.9. The van der Waals surface area contributed by atoms with Crippen molar-refractivity contribution in [3.63, 3.8) is 0 Å². The van der Waals surface area contributed by atoms with Gasteiger partial charge in [-0.2, -0.15) is 0 Å². The Balaban J connectivity index is 1.82. The van der Waals surface area contributed by atoms with Gasteiger partial charge < -0.3 is 20.6 Å². The van der Waals surface area contributed by atoms with Crippen molar-refractivity contribution in [3.8, 4) is 11.3 Å². The van der Waals surface area contributed by atoms with Crippen molar-refractivity contribution in [2.75, 3.05) is 11.9 Å². The van der Waals surface area contributed by atoms with Crippen molar-refractivity contribution in [1.29, 1.82) is 0 Å². The molecule has 0 radical (unpaired) electrons. The van der Waals surface area contributed by atoms with Crippen LogP contribution in [-0.4, -0.2) is 48.1 Å². The molecule has 7 nitrogen and oxygen atoms in total. The van der Waals surface area contributed by atoms with Crippen molar-refractivity contribution in [2.24, 2.45) is 5.92 Å². The van der Waals surface area contributed by atoms with Crippen LogP contribution in [0.25, 0.3) is 11.3 Å². The number of nitrogens with zero attached hydrogens (tertiary/aromatic N) is 3. The third kappa shape index (κ3) is 4.89. The number of aliphatic hydroxyl groups excluding tert-OH is 1. The number of benzene rings is 2. The number of aryl methyl sites for hydroxylation is 1. The number of hydrogen-bond donors (Lipinski definition) is 4. The lowest BCUT2D eigenvalue weighted by atomic mass is 9.73. The maximum absolute atomic E-state index is 11.5. The Labute approximate surface area is 215 Å². The number of rotatable bonds is 7. The first-order chi connectivity index (χ1) is 16.4. The lowest BCUT2D eigenvalue weighted by molar-refractivity contribution is -0.159. The topological polar surface area (TPSA) is 103 Å². The maximum atomic E-state index is 11.5. The molecule has 0 aliphatic carbocycles. The third-order valence-corrected chi connectivity index (χ3v) is 8.19. The summed E-state index contributed by atoms with van der Waals surface area (Å²) in [4.78, 5) is 0. The Morgan fingerprint density at radius 1 is 1.14 bits per heavy atom. The Morgan fingerprint density at radius 2 is 1.83 bits per heavy atom. The molecule has 0 saturated carbocycles. The number of aliphatic hydroxyl groups is 3. The number of anilines is 1. The standard InChI is InChI=1S/C27H35BrN4O3/c1-16(27(5,35)26(3,4)34)24-15-23(29-20-9-6-18(7-10-20)12-13-33)22-14-19(28)8-11-21(22)25-17(2)30-31-32(24)25/h6-11,14,16,23-24,29,33-35H,12-13,15H2,1-5H3. The van der Waals surface area contributed by atoms with Gasteiger partial charge in [0.25, 0.3) is 0 Å². The van der Waals surface area contributed by atoms with Gasteiger partial charge in [0.15, 0.2) is 0 Å². The van der Waals surface area contributed by atoms with Gasteiger partial charge in [-0.15, -0.1) is 5.10 Å². The minimum Gasteiger partial charge on any atom is -0.396 e. The van der Waals surface area contributed by atoms with Crippen LogP contribution in [0.5, 0.6) is 0 Å². The lowest BCUT2D eigenvalue weighted by Gasteiger charge is -2.44. The van der Waals surface area contributed by atoms with Gasteiger partial charge in [0.1, 0.15) is 0 Å². The zero-order valence-electron chi connectivity index (χ0n) is 21.0. The van der Waals surface area contributed by atoms with Crippen LogP contribution in [0.2, 0.25) is 0 Å². The van der Waals surface area contributed by atoms with Crippen molar-refractivity contribution in [2.45, 2.75) is 70.7 Å². The van der Waals surface area contributed by atoms with Gasteiger partial charge in [0.2, 0.25) is 0 Å². The summed E-state index contributed by atoms with van der Waals surface area (Å²) in [6.45, 7) is 9.02. The zero-order valence-corrected chi connectivity index (χ0v) is 22.5. The van der Waals surface area contributed by atoms with Crippen LogP contribution in [0, 0.1) is 12.8 Å². The fourth-order valence-electron chi connectivity index (χ4n) is 5.01. The molecule has 0 fully saturated rings. The summed E-state index contributed by atoms with van der Waals surface area (Å²) < 4.78 is 2.91. The van der Waals surface area contributed by atoms with Crippen LogP contribution in [0.4, 0.5) is 5.69 Å². The maximum Gasteiger partial charge on any atom is 0.0945 e.